The van der Waals surface area contributed by atoms with Gasteiger partial charge in [-0.2, -0.15) is 0 Å². The Labute approximate surface area is 111 Å². The molecular weight excluding hydrogens is 224 g/mol. The predicted octanol–water partition coefficient (Wildman–Crippen LogP) is 6.02. The van der Waals surface area contributed by atoms with Gasteiger partial charge in [-0.25, -0.2) is 0 Å². The molecule has 0 rings (SSSR count). The molecule has 0 saturated heterocycles. The van der Waals surface area contributed by atoms with E-state index in [1.165, 1.54) is 28.9 Å². The van der Waals surface area contributed by atoms with Crippen LogP contribution in [0.15, 0.2) is 58.9 Å². The van der Waals surface area contributed by atoms with Gasteiger partial charge in [0, 0.05) is 4.91 Å². The molecule has 0 aromatic heterocycles. The molecule has 94 valence electrons. The highest BCUT2D eigenvalue weighted by molar-refractivity contribution is 8.06. The molecule has 0 saturated carbocycles. The highest BCUT2D eigenvalue weighted by Crippen LogP contribution is 2.29. The summed E-state index contributed by atoms with van der Waals surface area (Å²) in [4.78, 5) is 1.27. The zero-order valence-corrected chi connectivity index (χ0v) is 12.1. The molecule has 0 radical (unpaired) electrons. The molecule has 17 heavy (non-hydrogen) atoms. The van der Waals surface area contributed by atoms with Gasteiger partial charge in [-0.05, 0) is 31.2 Å². The minimum absolute atomic E-state index is 1.14. The van der Waals surface area contributed by atoms with Crippen molar-refractivity contribution in [1.82, 2.24) is 0 Å². The molecule has 0 amide bonds. The van der Waals surface area contributed by atoms with Crippen molar-refractivity contribution in [3.8, 4) is 0 Å². The summed E-state index contributed by atoms with van der Waals surface area (Å²) in [6, 6.07) is 0. The van der Waals surface area contributed by atoms with Gasteiger partial charge < -0.3 is 0 Å². The summed E-state index contributed by atoms with van der Waals surface area (Å²) in [5, 5.41) is 1.87. The summed E-state index contributed by atoms with van der Waals surface area (Å²) in [6.07, 6.45) is 12.0. The summed E-state index contributed by atoms with van der Waals surface area (Å²) >= 11 is 1.67. The Morgan fingerprint density at radius 1 is 1.24 bits per heavy atom. The fourth-order valence-corrected chi connectivity index (χ4v) is 2.10. The standard InChI is InChI=1S/C16H24S/c1-6-9-10-11-13-15(12-7-2)16(14(4)5)17-8-3/h7-8,11-13H,2-3,6,9-10H2,1,4-5H3/b13-11-,15-12+. The number of rotatable bonds is 8. The van der Waals surface area contributed by atoms with Crippen LogP contribution in [0.25, 0.3) is 0 Å². The predicted molar refractivity (Wildman–Crippen MR) is 83.1 cm³/mol. The van der Waals surface area contributed by atoms with Gasteiger partial charge in [-0.3, -0.25) is 0 Å². The summed E-state index contributed by atoms with van der Waals surface area (Å²) in [5.74, 6) is 0. The van der Waals surface area contributed by atoms with Crippen LogP contribution in [0, 0.1) is 0 Å². The van der Waals surface area contributed by atoms with E-state index in [9.17, 15) is 0 Å². The largest absolute Gasteiger partial charge is 0.0990 e. The fourth-order valence-electron chi connectivity index (χ4n) is 1.42. The molecule has 0 aromatic carbocycles. The normalized spacial score (nSPS) is 11.6. The van der Waals surface area contributed by atoms with E-state index >= 15 is 0 Å². The average molecular weight is 248 g/mol. The van der Waals surface area contributed by atoms with Gasteiger partial charge in [0.25, 0.3) is 0 Å². The van der Waals surface area contributed by atoms with Crippen LogP contribution in [0.2, 0.25) is 0 Å². The quantitative estimate of drug-likeness (QED) is 0.374. The van der Waals surface area contributed by atoms with Gasteiger partial charge in [0.15, 0.2) is 0 Å². The Morgan fingerprint density at radius 2 is 1.94 bits per heavy atom. The van der Waals surface area contributed by atoms with Crippen LogP contribution < -0.4 is 0 Å². The molecule has 0 spiro atoms. The molecule has 0 heterocycles. The molecule has 0 N–H and O–H groups in total. The molecule has 0 unspecified atom stereocenters. The monoisotopic (exact) mass is 248 g/mol. The molecule has 0 atom stereocenters. The lowest BCUT2D eigenvalue weighted by atomic mass is 10.1. The fraction of sp³-hybridized carbons (Fsp3) is 0.375. The molecule has 0 bridgehead atoms. The maximum atomic E-state index is 3.79. The molecule has 0 nitrogen and oxygen atoms in total. The number of allylic oxidation sites excluding steroid dienone is 6. The Kier molecular flexibility index (Phi) is 9.65. The molecule has 0 aliphatic rings. The third-order valence-corrected chi connectivity index (χ3v) is 3.28. The summed E-state index contributed by atoms with van der Waals surface area (Å²) in [7, 11) is 0. The first-order chi connectivity index (χ1) is 8.17. The van der Waals surface area contributed by atoms with E-state index in [4.69, 9.17) is 0 Å². The van der Waals surface area contributed by atoms with Crippen molar-refractivity contribution in [2.75, 3.05) is 0 Å². The van der Waals surface area contributed by atoms with E-state index in [1.54, 1.807) is 11.8 Å². The van der Waals surface area contributed by atoms with Crippen molar-refractivity contribution < 1.29 is 0 Å². The van der Waals surface area contributed by atoms with Crippen molar-refractivity contribution in [2.24, 2.45) is 0 Å². The molecule has 1 heteroatoms. The molecule has 0 aromatic rings. The van der Waals surface area contributed by atoms with E-state index in [2.05, 4.69) is 52.2 Å². The Morgan fingerprint density at radius 3 is 2.41 bits per heavy atom. The minimum atomic E-state index is 1.14. The molecule has 0 aliphatic heterocycles. The van der Waals surface area contributed by atoms with Crippen molar-refractivity contribution in [3.05, 3.63) is 58.9 Å². The number of unbranched alkanes of at least 4 members (excludes halogenated alkanes) is 2. The minimum Gasteiger partial charge on any atom is -0.0990 e. The lowest BCUT2D eigenvalue weighted by Gasteiger charge is -2.08. The van der Waals surface area contributed by atoms with Gasteiger partial charge in [-0.15, -0.1) is 0 Å². The first-order valence-electron chi connectivity index (χ1n) is 6.12. The maximum absolute atomic E-state index is 3.79. The topological polar surface area (TPSA) is 0 Å². The number of hydrogen-bond acceptors (Lipinski definition) is 1. The van der Waals surface area contributed by atoms with Crippen molar-refractivity contribution in [2.45, 2.75) is 40.0 Å². The van der Waals surface area contributed by atoms with Crippen molar-refractivity contribution in [1.29, 1.82) is 0 Å². The van der Waals surface area contributed by atoms with Gasteiger partial charge in [0.2, 0.25) is 0 Å². The molecular formula is C16H24S. The smallest absolute Gasteiger partial charge is 0.0174 e. The Bertz CT molecular complexity index is 325. The lowest BCUT2D eigenvalue weighted by Crippen LogP contribution is -1.85. The first kappa shape index (κ1) is 16.1. The van der Waals surface area contributed by atoms with E-state index in [1.807, 2.05) is 11.5 Å². The zero-order chi connectivity index (χ0) is 13.1. The summed E-state index contributed by atoms with van der Waals surface area (Å²) in [6.45, 7) is 14.0. The summed E-state index contributed by atoms with van der Waals surface area (Å²) in [5.41, 5.74) is 2.53. The highest BCUT2D eigenvalue weighted by atomic mass is 32.2. The van der Waals surface area contributed by atoms with Gasteiger partial charge in [0.05, 0.1) is 0 Å². The second-order valence-electron chi connectivity index (χ2n) is 4.02. The van der Waals surface area contributed by atoms with E-state index in [0.29, 0.717) is 0 Å². The van der Waals surface area contributed by atoms with Crippen LogP contribution in [0.1, 0.15) is 40.0 Å². The highest BCUT2D eigenvalue weighted by Gasteiger charge is 2.02. The van der Waals surface area contributed by atoms with Crippen LogP contribution in [0.4, 0.5) is 0 Å². The van der Waals surface area contributed by atoms with Gasteiger partial charge in [-0.1, -0.05) is 74.6 Å². The van der Waals surface area contributed by atoms with Crippen molar-refractivity contribution in [3.63, 3.8) is 0 Å². The van der Waals surface area contributed by atoms with E-state index < -0.39 is 0 Å². The number of hydrogen-bond donors (Lipinski definition) is 0. The van der Waals surface area contributed by atoms with Gasteiger partial charge >= 0.3 is 0 Å². The third kappa shape index (κ3) is 7.06. The summed E-state index contributed by atoms with van der Waals surface area (Å²) < 4.78 is 0. The van der Waals surface area contributed by atoms with Crippen LogP contribution in [-0.4, -0.2) is 0 Å². The van der Waals surface area contributed by atoms with Crippen LogP contribution in [0.3, 0.4) is 0 Å². The lowest BCUT2D eigenvalue weighted by molar-refractivity contribution is 0.814. The molecule has 0 fully saturated rings. The van der Waals surface area contributed by atoms with Crippen LogP contribution in [-0.2, 0) is 0 Å². The maximum Gasteiger partial charge on any atom is 0.0174 e. The SMILES string of the molecule is C=C/C=C(\C=C/CCCC)C(SC=C)=C(C)C. The second kappa shape index (κ2) is 10.2. The van der Waals surface area contributed by atoms with Gasteiger partial charge in [0.1, 0.15) is 0 Å². The van der Waals surface area contributed by atoms with Crippen LogP contribution >= 0.6 is 11.8 Å². The van der Waals surface area contributed by atoms with E-state index in [0.717, 1.165) is 6.42 Å². The molecule has 0 aliphatic carbocycles. The first-order valence-corrected chi connectivity index (χ1v) is 7.00. The van der Waals surface area contributed by atoms with Crippen molar-refractivity contribution >= 4 is 11.8 Å². The third-order valence-electron chi connectivity index (χ3n) is 2.24. The Balaban J connectivity index is 4.89. The Hall–Kier alpha value is -0.950. The van der Waals surface area contributed by atoms with Crippen LogP contribution in [0.5, 0.6) is 0 Å². The second-order valence-corrected chi connectivity index (χ2v) is 4.99. The van der Waals surface area contributed by atoms with E-state index in [-0.39, 0.29) is 0 Å². The number of thioether (sulfide) groups is 1. The zero-order valence-electron chi connectivity index (χ0n) is 11.3. The average Bonchev–Trinajstić information content (AvgIpc) is 2.30.